The van der Waals surface area contributed by atoms with Gasteiger partial charge >= 0.3 is 0 Å². The average Bonchev–Trinajstić information content (AvgIpc) is 3.19. The van der Waals surface area contributed by atoms with Crippen LogP contribution < -0.4 is 9.80 Å². The van der Waals surface area contributed by atoms with Crippen LogP contribution >= 0.6 is 0 Å². The third-order valence-corrected chi connectivity index (χ3v) is 4.91. The van der Waals surface area contributed by atoms with Gasteiger partial charge in [0.2, 0.25) is 0 Å². The van der Waals surface area contributed by atoms with E-state index in [2.05, 4.69) is 54.0 Å². The molecule has 0 unspecified atom stereocenters. The molecule has 2 aliphatic heterocycles. The van der Waals surface area contributed by atoms with Crippen LogP contribution in [0.15, 0.2) is 30.3 Å². The molecular weight excluding hydrogens is 314 g/mol. The highest BCUT2D eigenvalue weighted by Gasteiger charge is 2.20. The van der Waals surface area contributed by atoms with Crippen LogP contribution in [-0.2, 0) is 9.47 Å². The van der Waals surface area contributed by atoms with E-state index in [1.807, 2.05) is 0 Å². The Morgan fingerprint density at radius 2 is 1.52 bits per heavy atom. The molecule has 1 aromatic heterocycles. The van der Waals surface area contributed by atoms with Gasteiger partial charge in [-0.3, -0.25) is 0 Å². The molecule has 0 saturated carbocycles. The second kappa shape index (κ2) is 7.02. The Kier molecular flexibility index (Phi) is 4.59. The molecule has 4 rings (SSSR count). The number of pyridine rings is 1. The molecular formula is C20H25N3O2. The smallest absolute Gasteiger partial charge is 0.133 e. The van der Waals surface area contributed by atoms with Crippen molar-refractivity contribution in [2.24, 2.45) is 0 Å². The highest BCUT2D eigenvalue weighted by molar-refractivity contribution is 5.74. The molecule has 1 aromatic carbocycles. The van der Waals surface area contributed by atoms with Crippen molar-refractivity contribution in [2.75, 3.05) is 56.0 Å². The lowest BCUT2D eigenvalue weighted by Crippen LogP contribution is -2.37. The van der Waals surface area contributed by atoms with E-state index in [9.17, 15) is 0 Å². The molecule has 0 bridgehead atoms. The minimum absolute atomic E-state index is 0.617. The summed E-state index contributed by atoms with van der Waals surface area (Å²) >= 11 is 0. The number of aromatic nitrogens is 1. The van der Waals surface area contributed by atoms with Crippen LogP contribution in [0.5, 0.6) is 0 Å². The van der Waals surface area contributed by atoms with Crippen molar-refractivity contribution in [3.05, 3.63) is 41.5 Å². The molecule has 0 radical (unpaired) electrons. The zero-order valence-corrected chi connectivity index (χ0v) is 15.0. The molecule has 0 N–H and O–H groups in total. The molecule has 5 nitrogen and oxygen atoms in total. The number of anilines is 2. The Balaban J connectivity index is 1.79. The normalized spacial score (nSPS) is 18.0. The zero-order valence-electron chi connectivity index (χ0n) is 15.0. The molecule has 0 aliphatic carbocycles. The summed E-state index contributed by atoms with van der Waals surface area (Å²) in [5.41, 5.74) is 5.06. The fraction of sp³-hybridized carbons (Fsp3) is 0.450. The summed E-state index contributed by atoms with van der Waals surface area (Å²) in [6, 6.07) is 11.0. The summed E-state index contributed by atoms with van der Waals surface area (Å²) in [5.74, 6) is 2.03. The lowest BCUT2D eigenvalue weighted by Gasteiger charge is -2.29. The van der Waals surface area contributed by atoms with E-state index in [1.165, 1.54) is 22.3 Å². The maximum absolute atomic E-state index is 5.54. The first-order valence-electron chi connectivity index (χ1n) is 8.96. The number of hydrogen-bond donors (Lipinski definition) is 0. The molecule has 132 valence electrons. The highest BCUT2D eigenvalue weighted by atomic mass is 16.5. The topological polar surface area (TPSA) is 37.8 Å². The van der Waals surface area contributed by atoms with Gasteiger partial charge in [-0.05, 0) is 42.7 Å². The lowest BCUT2D eigenvalue weighted by atomic mass is 9.99. The monoisotopic (exact) mass is 339 g/mol. The number of nitrogens with zero attached hydrogens (tertiary/aromatic N) is 3. The number of morpholine rings is 1. The Morgan fingerprint density at radius 1 is 0.840 bits per heavy atom. The minimum atomic E-state index is 0.617. The van der Waals surface area contributed by atoms with Gasteiger partial charge in [-0.15, -0.1) is 0 Å². The van der Waals surface area contributed by atoms with Crippen LogP contribution in [0.2, 0.25) is 0 Å². The molecule has 2 aliphatic rings. The Bertz CT molecular complexity index is 751. The number of benzene rings is 1. The molecule has 5 heteroatoms. The number of ether oxygens (including phenoxy) is 2. The Labute approximate surface area is 149 Å². The van der Waals surface area contributed by atoms with Gasteiger partial charge in [-0.1, -0.05) is 23.8 Å². The van der Waals surface area contributed by atoms with Crippen molar-refractivity contribution in [1.82, 2.24) is 4.98 Å². The molecule has 0 atom stereocenters. The maximum atomic E-state index is 5.54. The van der Waals surface area contributed by atoms with E-state index in [-0.39, 0.29) is 0 Å². The van der Waals surface area contributed by atoms with E-state index < -0.39 is 0 Å². The van der Waals surface area contributed by atoms with Crippen molar-refractivity contribution in [1.29, 1.82) is 0 Å². The standard InChI is InChI=1S/C20H25N3O2/c1-15-3-4-16(2)18(11-15)17-12-19(22-5-8-24-9-6-22)21-20(13-17)23-7-10-25-14-23/h3-4,11-13H,5-10,14H2,1-2H3. The van der Waals surface area contributed by atoms with E-state index in [0.29, 0.717) is 6.73 Å². The van der Waals surface area contributed by atoms with Crippen molar-refractivity contribution in [2.45, 2.75) is 13.8 Å². The lowest BCUT2D eigenvalue weighted by molar-refractivity contribution is 0.122. The van der Waals surface area contributed by atoms with Crippen molar-refractivity contribution >= 4 is 11.6 Å². The Hall–Kier alpha value is -2.11. The van der Waals surface area contributed by atoms with Crippen molar-refractivity contribution in [3.8, 4) is 11.1 Å². The molecule has 0 spiro atoms. The third-order valence-electron chi connectivity index (χ3n) is 4.91. The average molecular weight is 339 g/mol. The number of hydrogen-bond acceptors (Lipinski definition) is 5. The first kappa shape index (κ1) is 16.4. The Morgan fingerprint density at radius 3 is 2.24 bits per heavy atom. The van der Waals surface area contributed by atoms with Crippen LogP contribution in [0.4, 0.5) is 11.6 Å². The van der Waals surface area contributed by atoms with Gasteiger partial charge in [0.05, 0.1) is 19.8 Å². The second-order valence-corrected chi connectivity index (χ2v) is 6.79. The SMILES string of the molecule is Cc1ccc(C)c(-c2cc(N3CCOCC3)nc(N3CCOC3)c2)c1. The molecule has 0 amide bonds. The summed E-state index contributed by atoms with van der Waals surface area (Å²) in [5, 5.41) is 0. The van der Waals surface area contributed by atoms with Crippen LogP contribution in [0, 0.1) is 13.8 Å². The zero-order chi connectivity index (χ0) is 17.2. The van der Waals surface area contributed by atoms with Gasteiger partial charge in [0.1, 0.15) is 18.4 Å². The van der Waals surface area contributed by atoms with Crippen molar-refractivity contribution in [3.63, 3.8) is 0 Å². The molecule has 2 saturated heterocycles. The molecule has 25 heavy (non-hydrogen) atoms. The van der Waals surface area contributed by atoms with Gasteiger partial charge in [-0.25, -0.2) is 4.98 Å². The maximum Gasteiger partial charge on any atom is 0.133 e. The quantitative estimate of drug-likeness (QED) is 0.859. The highest BCUT2D eigenvalue weighted by Crippen LogP contribution is 2.31. The predicted molar refractivity (Wildman–Crippen MR) is 100 cm³/mol. The van der Waals surface area contributed by atoms with E-state index in [4.69, 9.17) is 14.5 Å². The van der Waals surface area contributed by atoms with Gasteiger partial charge in [0.15, 0.2) is 0 Å². The van der Waals surface area contributed by atoms with E-state index in [0.717, 1.165) is 51.1 Å². The first-order chi connectivity index (χ1) is 12.2. The summed E-state index contributed by atoms with van der Waals surface area (Å²) in [4.78, 5) is 9.46. The summed E-state index contributed by atoms with van der Waals surface area (Å²) in [6.07, 6.45) is 0. The summed E-state index contributed by atoms with van der Waals surface area (Å²) in [7, 11) is 0. The fourth-order valence-electron chi connectivity index (χ4n) is 3.42. The van der Waals surface area contributed by atoms with Gasteiger partial charge < -0.3 is 19.3 Å². The van der Waals surface area contributed by atoms with Crippen LogP contribution in [0.1, 0.15) is 11.1 Å². The molecule has 3 heterocycles. The van der Waals surface area contributed by atoms with Gasteiger partial charge in [0.25, 0.3) is 0 Å². The molecule has 2 aromatic rings. The van der Waals surface area contributed by atoms with Crippen LogP contribution in [0.25, 0.3) is 11.1 Å². The summed E-state index contributed by atoms with van der Waals surface area (Å²) in [6.45, 7) is 9.89. The van der Waals surface area contributed by atoms with E-state index in [1.54, 1.807) is 0 Å². The largest absolute Gasteiger partial charge is 0.378 e. The molecule has 2 fully saturated rings. The van der Waals surface area contributed by atoms with Crippen molar-refractivity contribution < 1.29 is 9.47 Å². The summed E-state index contributed by atoms with van der Waals surface area (Å²) < 4.78 is 11.0. The third kappa shape index (κ3) is 3.48. The fourth-order valence-corrected chi connectivity index (χ4v) is 3.42. The number of rotatable bonds is 3. The first-order valence-corrected chi connectivity index (χ1v) is 8.96. The van der Waals surface area contributed by atoms with Gasteiger partial charge in [-0.2, -0.15) is 0 Å². The second-order valence-electron chi connectivity index (χ2n) is 6.79. The van der Waals surface area contributed by atoms with Gasteiger partial charge in [0, 0.05) is 19.6 Å². The van der Waals surface area contributed by atoms with Crippen LogP contribution in [0.3, 0.4) is 0 Å². The minimum Gasteiger partial charge on any atom is -0.378 e. The predicted octanol–water partition coefficient (Wildman–Crippen LogP) is 3.00. The number of aryl methyl sites for hydroxylation is 2. The van der Waals surface area contributed by atoms with Crippen LogP contribution in [-0.4, -0.2) is 51.2 Å². The van der Waals surface area contributed by atoms with E-state index >= 15 is 0 Å².